The number of nitrogens with zero attached hydrogens (tertiary/aromatic N) is 1. The number of carboxylic acid groups (broad SMARTS) is 1. The molecule has 4 rings (SSSR count). The molecule has 1 unspecified atom stereocenters. The number of carbonyl (C=O) groups excluding carboxylic acids is 1. The zero-order valence-electron chi connectivity index (χ0n) is 14.1. The standard InChI is InChI=1S/C19H23FN2O3/c20-15-7-1-6-14-13(15)5-2-8-16(14)21-18(25)22-10-12-4-3-9-19(12,11-22)17(23)24/h1,6-7,12,16H,2-5,8-11H2,(H,21,25)(H,23,24)/t12-,16?,19+/m0/s1. The van der Waals surface area contributed by atoms with Crippen molar-refractivity contribution in [1.29, 1.82) is 0 Å². The van der Waals surface area contributed by atoms with E-state index in [0.29, 0.717) is 24.9 Å². The van der Waals surface area contributed by atoms with E-state index < -0.39 is 11.4 Å². The first-order valence-corrected chi connectivity index (χ1v) is 9.07. The number of carbonyl (C=O) groups is 2. The highest BCUT2D eigenvalue weighted by Crippen LogP contribution is 2.49. The van der Waals surface area contributed by atoms with Gasteiger partial charge < -0.3 is 15.3 Å². The minimum absolute atomic E-state index is 0.0480. The van der Waals surface area contributed by atoms with Crippen molar-refractivity contribution in [2.45, 2.75) is 44.6 Å². The molecule has 25 heavy (non-hydrogen) atoms. The number of hydrogen-bond donors (Lipinski definition) is 2. The van der Waals surface area contributed by atoms with Crippen molar-refractivity contribution in [3.8, 4) is 0 Å². The topological polar surface area (TPSA) is 69.6 Å². The number of rotatable bonds is 2. The number of carboxylic acids is 1. The number of hydrogen-bond acceptors (Lipinski definition) is 2. The van der Waals surface area contributed by atoms with Crippen LogP contribution in [0.25, 0.3) is 0 Å². The van der Waals surface area contributed by atoms with E-state index >= 15 is 0 Å². The fourth-order valence-corrected chi connectivity index (χ4v) is 4.99. The van der Waals surface area contributed by atoms with Gasteiger partial charge in [-0.1, -0.05) is 18.6 Å². The van der Waals surface area contributed by atoms with Crippen molar-refractivity contribution in [2.75, 3.05) is 13.1 Å². The Morgan fingerprint density at radius 3 is 2.88 bits per heavy atom. The molecule has 1 saturated heterocycles. The van der Waals surface area contributed by atoms with Gasteiger partial charge in [-0.15, -0.1) is 0 Å². The molecule has 6 heteroatoms. The third-order valence-electron chi connectivity index (χ3n) is 6.33. The Morgan fingerprint density at radius 2 is 2.12 bits per heavy atom. The lowest BCUT2D eigenvalue weighted by Crippen LogP contribution is -2.43. The van der Waals surface area contributed by atoms with Crippen molar-refractivity contribution in [1.82, 2.24) is 10.2 Å². The summed E-state index contributed by atoms with van der Waals surface area (Å²) >= 11 is 0. The van der Waals surface area contributed by atoms with E-state index in [-0.39, 0.29) is 30.4 Å². The molecule has 2 amide bonds. The normalized spacial score (nSPS) is 30.7. The van der Waals surface area contributed by atoms with E-state index in [9.17, 15) is 19.1 Å². The molecule has 0 radical (unpaired) electrons. The van der Waals surface area contributed by atoms with Crippen molar-refractivity contribution >= 4 is 12.0 Å². The van der Waals surface area contributed by atoms with Crippen LogP contribution in [-0.2, 0) is 11.2 Å². The number of halogens is 1. The Balaban J connectivity index is 1.49. The number of nitrogens with one attached hydrogen (secondary N) is 1. The van der Waals surface area contributed by atoms with Gasteiger partial charge in [0.1, 0.15) is 5.82 Å². The number of amides is 2. The van der Waals surface area contributed by atoms with Crippen LogP contribution in [0.4, 0.5) is 9.18 Å². The van der Waals surface area contributed by atoms with Crippen LogP contribution in [0.2, 0.25) is 0 Å². The second-order valence-corrected chi connectivity index (χ2v) is 7.63. The molecule has 1 heterocycles. The number of aliphatic carboxylic acids is 1. The first kappa shape index (κ1) is 16.4. The van der Waals surface area contributed by atoms with Gasteiger partial charge in [0.25, 0.3) is 0 Å². The van der Waals surface area contributed by atoms with Gasteiger partial charge in [0.15, 0.2) is 0 Å². The van der Waals surface area contributed by atoms with E-state index in [2.05, 4.69) is 5.32 Å². The number of fused-ring (bicyclic) bond motifs is 2. The largest absolute Gasteiger partial charge is 0.481 e. The Bertz CT molecular complexity index is 723. The lowest BCUT2D eigenvalue weighted by Gasteiger charge is -2.29. The Morgan fingerprint density at radius 1 is 1.28 bits per heavy atom. The highest BCUT2D eigenvalue weighted by molar-refractivity contribution is 5.80. The van der Waals surface area contributed by atoms with Crippen LogP contribution in [0.5, 0.6) is 0 Å². The molecule has 3 aliphatic rings. The molecule has 1 saturated carbocycles. The monoisotopic (exact) mass is 346 g/mol. The smallest absolute Gasteiger partial charge is 0.317 e. The molecule has 0 aromatic heterocycles. The second kappa shape index (κ2) is 6.00. The van der Waals surface area contributed by atoms with Crippen LogP contribution < -0.4 is 5.32 Å². The number of likely N-dealkylation sites (tertiary alicyclic amines) is 1. The third-order valence-corrected chi connectivity index (χ3v) is 6.33. The molecule has 2 fully saturated rings. The SMILES string of the molecule is O=C(NC1CCCc2c(F)cccc21)N1C[C@@H]2CCC[C@@]2(C(=O)O)C1. The molecule has 0 bridgehead atoms. The molecule has 2 N–H and O–H groups in total. The summed E-state index contributed by atoms with van der Waals surface area (Å²) in [6, 6.07) is 4.59. The highest BCUT2D eigenvalue weighted by Gasteiger charge is 2.55. The molecule has 1 aliphatic heterocycles. The lowest BCUT2D eigenvalue weighted by atomic mass is 9.81. The maximum absolute atomic E-state index is 14.0. The minimum atomic E-state index is -0.782. The molecule has 5 nitrogen and oxygen atoms in total. The minimum Gasteiger partial charge on any atom is -0.481 e. The fourth-order valence-electron chi connectivity index (χ4n) is 4.99. The zero-order chi connectivity index (χ0) is 17.6. The van der Waals surface area contributed by atoms with Gasteiger partial charge >= 0.3 is 12.0 Å². The van der Waals surface area contributed by atoms with E-state index in [1.807, 2.05) is 6.07 Å². The molecule has 2 aliphatic carbocycles. The Hall–Kier alpha value is -2.11. The van der Waals surface area contributed by atoms with Crippen molar-refractivity contribution in [3.05, 3.63) is 35.1 Å². The zero-order valence-corrected chi connectivity index (χ0v) is 14.1. The van der Waals surface area contributed by atoms with Crippen LogP contribution in [0.3, 0.4) is 0 Å². The average molecular weight is 346 g/mol. The predicted octanol–water partition coefficient (Wildman–Crippen LogP) is 3.10. The molecule has 134 valence electrons. The van der Waals surface area contributed by atoms with E-state index in [1.165, 1.54) is 6.07 Å². The summed E-state index contributed by atoms with van der Waals surface area (Å²) in [5, 5.41) is 12.7. The van der Waals surface area contributed by atoms with E-state index in [1.54, 1.807) is 11.0 Å². The van der Waals surface area contributed by atoms with Gasteiger partial charge in [-0.25, -0.2) is 9.18 Å². The van der Waals surface area contributed by atoms with Gasteiger partial charge in [-0.05, 0) is 55.2 Å². The summed E-state index contributed by atoms with van der Waals surface area (Å²) in [7, 11) is 0. The summed E-state index contributed by atoms with van der Waals surface area (Å²) in [6.45, 7) is 0.780. The first-order chi connectivity index (χ1) is 12.0. The Kier molecular flexibility index (Phi) is 3.93. The van der Waals surface area contributed by atoms with Gasteiger partial charge in [0.2, 0.25) is 0 Å². The van der Waals surface area contributed by atoms with Crippen LogP contribution >= 0.6 is 0 Å². The maximum Gasteiger partial charge on any atom is 0.317 e. The summed E-state index contributed by atoms with van der Waals surface area (Å²) in [5.74, 6) is -0.945. The van der Waals surface area contributed by atoms with Gasteiger partial charge in [-0.2, -0.15) is 0 Å². The van der Waals surface area contributed by atoms with Gasteiger partial charge in [0, 0.05) is 13.1 Å². The summed E-state index contributed by atoms with van der Waals surface area (Å²) in [4.78, 5) is 26.1. The molecule has 1 aromatic carbocycles. The van der Waals surface area contributed by atoms with Crippen molar-refractivity contribution in [2.24, 2.45) is 11.3 Å². The number of urea groups is 1. The predicted molar refractivity (Wildman–Crippen MR) is 89.6 cm³/mol. The van der Waals surface area contributed by atoms with Crippen LogP contribution in [0.15, 0.2) is 18.2 Å². The molecule has 0 spiro atoms. The van der Waals surface area contributed by atoms with E-state index in [0.717, 1.165) is 31.2 Å². The van der Waals surface area contributed by atoms with Crippen LogP contribution in [-0.4, -0.2) is 35.1 Å². The van der Waals surface area contributed by atoms with E-state index in [4.69, 9.17) is 0 Å². The van der Waals surface area contributed by atoms with Gasteiger partial charge in [0.05, 0.1) is 11.5 Å². The number of benzene rings is 1. The second-order valence-electron chi connectivity index (χ2n) is 7.63. The molecular weight excluding hydrogens is 323 g/mol. The molecule has 3 atom stereocenters. The highest BCUT2D eigenvalue weighted by atomic mass is 19.1. The summed E-state index contributed by atoms with van der Waals surface area (Å²) < 4.78 is 14.0. The third kappa shape index (κ3) is 2.58. The Labute approximate surface area is 146 Å². The fraction of sp³-hybridized carbons (Fsp3) is 0.579. The molecule has 1 aromatic rings. The first-order valence-electron chi connectivity index (χ1n) is 9.07. The average Bonchev–Trinajstić information content (AvgIpc) is 3.14. The van der Waals surface area contributed by atoms with Crippen LogP contribution in [0.1, 0.15) is 49.3 Å². The quantitative estimate of drug-likeness (QED) is 0.864. The van der Waals surface area contributed by atoms with Gasteiger partial charge in [-0.3, -0.25) is 4.79 Å². The van der Waals surface area contributed by atoms with Crippen molar-refractivity contribution < 1.29 is 19.1 Å². The lowest BCUT2D eigenvalue weighted by molar-refractivity contribution is -0.149. The van der Waals surface area contributed by atoms with Crippen molar-refractivity contribution in [3.63, 3.8) is 0 Å². The summed E-state index contributed by atoms with van der Waals surface area (Å²) in [6.07, 6.45) is 4.75. The van der Waals surface area contributed by atoms with Crippen LogP contribution in [0, 0.1) is 17.2 Å². The molecular formula is C19H23FN2O3. The summed E-state index contributed by atoms with van der Waals surface area (Å²) in [5.41, 5.74) is 0.778. The maximum atomic E-state index is 14.0.